The van der Waals surface area contributed by atoms with Crippen LogP contribution in [0.25, 0.3) is 11.1 Å². The number of ether oxygens (including phenoxy) is 2. The predicted octanol–water partition coefficient (Wildman–Crippen LogP) is 5.25. The van der Waals surface area contributed by atoms with Crippen molar-refractivity contribution >= 4 is 23.2 Å². The molecule has 0 radical (unpaired) electrons. The third-order valence-corrected chi connectivity index (χ3v) is 4.83. The normalized spacial score (nSPS) is 10.9. The van der Waals surface area contributed by atoms with E-state index in [1.807, 2.05) is 49.4 Å². The molecule has 0 aliphatic rings. The molecule has 28 heavy (non-hydrogen) atoms. The Morgan fingerprint density at radius 3 is 2.50 bits per heavy atom. The molecule has 0 saturated heterocycles. The second-order valence-corrected chi connectivity index (χ2v) is 6.63. The molecule has 144 valence electrons. The molecule has 3 aromatic rings. The van der Waals surface area contributed by atoms with Crippen LogP contribution in [-0.4, -0.2) is 25.1 Å². The number of anilines is 1. The highest BCUT2D eigenvalue weighted by atomic mass is 35.5. The average Bonchev–Trinajstić information content (AvgIpc) is 2.71. The first-order chi connectivity index (χ1) is 13.5. The number of halogens is 1. The second-order valence-electron chi connectivity index (χ2n) is 6.23. The van der Waals surface area contributed by atoms with Gasteiger partial charge in [0, 0.05) is 36.7 Å². The molecule has 0 bridgehead atoms. The minimum absolute atomic E-state index is 0.294. The Labute approximate surface area is 169 Å². The van der Waals surface area contributed by atoms with E-state index in [9.17, 15) is 4.79 Å². The summed E-state index contributed by atoms with van der Waals surface area (Å²) in [6.07, 6.45) is 1.06. The van der Waals surface area contributed by atoms with Crippen molar-refractivity contribution in [3.63, 3.8) is 0 Å². The third kappa shape index (κ3) is 4.39. The molecular weight excluding hydrogens is 376 g/mol. The predicted molar refractivity (Wildman–Crippen MR) is 111 cm³/mol. The number of benzene rings is 2. The Balaban J connectivity index is 1.79. The summed E-state index contributed by atoms with van der Waals surface area (Å²) in [5.41, 5.74) is 4.72. The van der Waals surface area contributed by atoms with Crippen LogP contribution in [0.2, 0.25) is 5.02 Å². The van der Waals surface area contributed by atoms with Crippen LogP contribution in [0.15, 0.2) is 60.8 Å². The molecule has 1 N–H and O–H groups in total. The average molecular weight is 397 g/mol. The van der Waals surface area contributed by atoms with Gasteiger partial charge in [-0.3, -0.25) is 9.78 Å². The van der Waals surface area contributed by atoms with Gasteiger partial charge >= 0.3 is 0 Å². The van der Waals surface area contributed by atoms with E-state index >= 15 is 0 Å². The summed E-state index contributed by atoms with van der Waals surface area (Å²) >= 11 is 6.23. The summed E-state index contributed by atoms with van der Waals surface area (Å²) in [5, 5.41) is 3.59. The van der Waals surface area contributed by atoms with Crippen LogP contribution in [0.5, 0.6) is 0 Å². The molecule has 0 aliphatic heterocycles. The SMILES string of the molecule is COC(OC)c1ccc(C(=O)Nc2cccc(-c3cccc(Cl)c3C)c2)nc1. The number of hydrogen-bond donors (Lipinski definition) is 1. The zero-order valence-electron chi connectivity index (χ0n) is 15.9. The number of carbonyl (C=O) groups is 1. The lowest BCUT2D eigenvalue weighted by Gasteiger charge is -2.13. The van der Waals surface area contributed by atoms with Crippen molar-refractivity contribution in [2.24, 2.45) is 0 Å². The summed E-state index contributed by atoms with van der Waals surface area (Å²) < 4.78 is 10.4. The van der Waals surface area contributed by atoms with Crippen molar-refractivity contribution in [2.75, 3.05) is 19.5 Å². The van der Waals surface area contributed by atoms with Crippen molar-refractivity contribution in [2.45, 2.75) is 13.2 Å². The van der Waals surface area contributed by atoms with Crippen LogP contribution in [0, 0.1) is 6.92 Å². The van der Waals surface area contributed by atoms with Crippen LogP contribution >= 0.6 is 11.6 Å². The molecule has 1 amide bonds. The van der Waals surface area contributed by atoms with Crippen molar-refractivity contribution in [3.8, 4) is 11.1 Å². The van der Waals surface area contributed by atoms with E-state index in [0.29, 0.717) is 16.4 Å². The van der Waals surface area contributed by atoms with Crippen molar-refractivity contribution in [1.82, 2.24) is 4.98 Å². The number of aromatic nitrogens is 1. The van der Waals surface area contributed by atoms with Crippen LogP contribution in [0.3, 0.4) is 0 Å². The van der Waals surface area contributed by atoms with Gasteiger partial charge in [0.1, 0.15) is 5.69 Å². The molecule has 0 atom stereocenters. The van der Waals surface area contributed by atoms with Crippen LogP contribution in [0.1, 0.15) is 27.9 Å². The number of methoxy groups -OCH3 is 2. The van der Waals surface area contributed by atoms with Gasteiger partial charge in [-0.25, -0.2) is 0 Å². The van der Waals surface area contributed by atoms with Gasteiger partial charge in [0.15, 0.2) is 6.29 Å². The summed E-state index contributed by atoms with van der Waals surface area (Å²) in [4.78, 5) is 16.8. The summed E-state index contributed by atoms with van der Waals surface area (Å²) in [6, 6.07) is 16.8. The number of hydrogen-bond acceptors (Lipinski definition) is 4. The number of pyridine rings is 1. The maximum absolute atomic E-state index is 12.5. The fraction of sp³-hybridized carbons (Fsp3) is 0.182. The highest BCUT2D eigenvalue weighted by Gasteiger charge is 2.13. The molecule has 0 unspecified atom stereocenters. The standard InChI is InChI=1S/C22H21ClN2O3/c1-14-18(8-5-9-19(14)23)15-6-4-7-17(12-15)25-21(26)20-11-10-16(13-24-20)22(27-2)28-3/h4-13,22H,1-3H3,(H,25,26). The largest absolute Gasteiger partial charge is 0.352 e. The van der Waals surface area contributed by atoms with E-state index in [-0.39, 0.29) is 5.91 Å². The first kappa shape index (κ1) is 20.0. The number of rotatable bonds is 6. The van der Waals surface area contributed by atoms with E-state index < -0.39 is 6.29 Å². The quantitative estimate of drug-likeness (QED) is 0.578. The maximum atomic E-state index is 12.5. The maximum Gasteiger partial charge on any atom is 0.274 e. The van der Waals surface area contributed by atoms with Crippen LogP contribution in [-0.2, 0) is 9.47 Å². The van der Waals surface area contributed by atoms with Gasteiger partial charge < -0.3 is 14.8 Å². The Morgan fingerprint density at radius 1 is 1.07 bits per heavy atom. The van der Waals surface area contributed by atoms with E-state index in [1.54, 1.807) is 32.5 Å². The Morgan fingerprint density at radius 2 is 1.82 bits per heavy atom. The zero-order chi connectivity index (χ0) is 20.1. The van der Waals surface area contributed by atoms with E-state index in [0.717, 1.165) is 22.3 Å². The fourth-order valence-electron chi connectivity index (χ4n) is 2.93. The molecule has 3 rings (SSSR count). The Bertz CT molecular complexity index is 970. The van der Waals surface area contributed by atoms with Crippen molar-refractivity contribution in [1.29, 1.82) is 0 Å². The van der Waals surface area contributed by atoms with Gasteiger partial charge in [-0.1, -0.05) is 41.9 Å². The number of amides is 1. The first-order valence-electron chi connectivity index (χ1n) is 8.72. The van der Waals surface area contributed by atoms with Gasteiger partial charge in [0.05, 0.1) is 0 Å². The van der Waals surface area contributed by atoms with E-state index in [2.05, 4.69) is 10.3 Å². The fourth-order valence-corrected chi connectivity index (χ4v) is 3.10. The lowest BCUT2D eigenvalue weighted by molar-refractivity contribution is -0.106. The molecule has 2 aromatic carbocycles. The lowest BCUT2D eigenvalue weighted by Crippen LogP contribution is -2.14. The molecule has 1 aromatic heterocycles. The van der Waals surface area contributed by atoms with E-state index in [1.165, 1.54) is 0 Å². The molecule has 0 saturated carbocycles. The number of nitrogens with one attached hydrogen (secondary N) is 1. The summed E-state index contributed by atoms with van der Waals surface area (Å²) in [5.74, 6) is -0.294. The van der Waals surface area contributed by atoms with Crippen molar-refractivity contribution < 1.29 is 14.3 Å². The van der Waals surface area contributed by atoms with Crippen molar-refractivity contribution in [3.05, 3.63) is 82.6 Å². The zero-order valence-corrected chi connectivity index (χ0v) is 16.7. The molecular formula is C22H21ClN2O3. The molecule has 0 spiro atoms. The van der Waals surface area contributed by atoms with Crippen LogP contribution in [0.4, 0.5) is 5.69 Å². The second kappa shape index (κ2) is 8.97. The smallest absolute Gasteiger partial charge is 0.274 e. The minimum Gasteiger partial charge on any atom is -0.352 e. The Kier molecular flexibility index (Phi) is 6.41. The number of nitrogens with zero attached hydrogens (tertiary/aromatic N) is 1. The molecule has 5 nitrogen and oxygen atoms in total. The third-order valence-electron chi connectivity index (χ3n) is 4.42. The molecule has 1 heterocycles. The van der Waals surface area contributed by atoms with Gasteiger partial charge in [-0.2, -0.15) is 0 Å². The van der Waals surface area contributed by atoms with Gasteiger partial charge in [0.25, 0.3) is 5.91 Å². The van der Waals surface area contributed by atoms with E-state index in [4.69, 9.17) is 21.1 Å². The van der Waals surface area contributed by atoms with Crippen LogP contribution < -0.4 is 5.32 Å². The molecule has 0 fully saturated rings. The summed E-state index contributed by atoms with van der Waals surface area (Å²) in [7, 11) is 3.09. The van der Waals surface area contributed by atoms with Gasteiger partial charge in [0.2, 0.25) is 0 Å². The molecule has 0 aliphatic carbocycles. The molecule has 6 heteroatoms. The first-order valence-corrected chi connectivity index (χ1v) is 9.09. The minimum atomic E-state index is -0.512. The van der Waals surface area contributed by atoms with Gasteiger partial charge in [-0.05, 0) is 47.9 Å². The topological polar surface area (TPSA) is 60.5 Å². The highest BCUT2D eigenvalue weighted by molar-refractivity contribution is 6.31. The summed E-state index contributed by atoms with van der Waals surface area (Å²) in [6.45, 7) is 1.97. The highest BCUT2D eigenvalue weighted by Crippen LogP contribution is 2.30. The van der Waals surface area contributed by atoms with Gasteiger partial charge in [-0.15, -0.1) is 0 Å². The lowest BCUT2D eigenvalue weighted by atomic mass is 10.00. The number of carbonyl (C=O) groups excluding carboxylic acids is 1. The Hall–Kier alpha value is -2.73. The monoisotopic (exact) mass is 396 g/mol.